The minimum absolute atomic E-state index is 0.198. The molecule has 0 aromatic heterocycles. The fourth-order valence-electron chi connectivity index (χ4n) is 3.51. The number of rotatable bonds is 2. The van der Waals surface area contributed by atoms with Crippen LogP contribution in [-0.4, -0.2) is 35.2 Å². The van der Waals surface area contributed by atoms with E-state index in [0.717, 1.165) is 36.1 Å². The summed E-state index contributed by atoms with van der Waals surface area (Å²) in [7, 11) is 0. The summed E-state index contributed by atoms with van der Waals surface area (Å²) in [6.45, 7) is 0. The summed E-state index contributed by atoms with van der Waals surface area (Å²) < 4.78 is 0. The van der Waals surface area contributed by atoms with Gasteiger partial charge in [-0.15, -0.1) is 11.8 Å². The molecular formula is C15H20N2OS. The lowest BCUT2D eigenvalue weighted by Crippen LogP contribution is -2.50. The standard InChI is InChI=1S/C15H20N2OS/c1-19-14-5-3-2-4-13(14)15(18)17-11-6-7-12(17)9-10(16)8-11/h2-5,10-12H,6-9,16H2,1H3. The number of carbonyl (C=O) groups is 1. The monoisotopic (exact) mass is 276 g/mol. The third-order valence-electron chi connectivity index (χ3n) is 4.34. The van der Waals surface area contributed by atoms with Crippen molar-refractivity contribution in [3.63, 3.8) is 0 Å². The zero-order valence-electron chi connectivity index (χ0n) is 11.2. The Balaban J connectivity index is 1.89. The molecule has 3 nitrogen and oxygen atoms in total. The Hall–Kier alpha value is -1.00. The SMILES string of the molecule is CSc1ccccc1C(=O)N1C2CCC1CC(N)C2. The number of nitrogens with zero attached hydrogens (tertiary/aromatic N) is 1. The van der Waals surface area contributed by atoms with Crippen molar-refractivity contribution in [3.8, 4) is 0 Å². The van der Waals surface area contributed by atoms with E-state index in [4.69, 9.17) is 5.73 Å². The molecule has 2 atom stereocenters. The van der Waals surface area contributed by atoms with E-state index in [1.54, 1.807) is 11.8 Å². The van der Waals surface area contributed by atoms with Crippen LogP contribution in [0.4, 0.5) is 0 Å². The number of piperidine rings is 1. The molecule has 2 bridgehead atoms. The van der Waals surface area contributed by atoms with Crippen LogP contribution < -0.4 is 5.73 Å². The van der Waals surface area contributed by atoms with Crippen LogP contribution in [-0.2, 0) is 0 Å². The molecule has 2 unspecified atom stereocenters. The van der Waals surface area contributed by atoms with Crippen LogP contribution in [0.2, 0.25) is 0 Å². The Labute approximate surface area is 118 Å². The van der Waals surface area contributed by atoms with E-state index in [-0.39, 0.29) is 11.9 Å². The minimum atomic E-state index is 0.198. The lowest BCUT2D eigenvalue weighted by atomic mass is 9.97. The lowest BCUT2D eigenvalue weighted by Gasteiger charge is -2.38. The van der Waals surface area contributed by atoms with Crippen molar-refractivity contribution < 1.29 is 4.79 Å². The van der Waals surface area contributed by atoms with Crippen molar-refractivity contribution in [1.29, 1.82) is 0 Å². The molecule has 0 radical (unpaired) electrons. The first kappa shape index (κ1) is 13.0. The molecule has 2 saturated heterocycles. The van der Waals surface area contributed by atoms with Crippen molar-refractivity contribution >= 4 is 17.7 Å². The highest BCUT2D eigenvalue weighted by atomic mass is 32.2. The van der Waals surface area contributed by atoms with Crippen molar-refractivity contribution in [3.05, 3.63) is 29.8 Å². The van der Waals surface area contributed by atoms with Gasteiger partial charge in [0.05, 0.1) is 5.56 Å². The third kappa shape index (κ3) is 2.28. The third-order valence-corrected chi connectivity index (χ3v) is 5.14. The van der Waals surface area contributed by atoms with Gasteiger partial charge in [0.15, 0.2) is 0 Å². The molecule has 1 amide bonds. The van der Waals surface area contributed by atoms with Crippen molar-refractivity contribution in [1.82, 2.24) is 4.90 Å². The zero-order chi connectivity index (χ0) is 13.4. The molecule has 2 aliphatic rings. The van der Waals surface area contributed by atoms with Crippen molar-refractivity contribution in [2.45, 2.75) is 48.7 Å². The van der Waals surface area contributed by atoms with E-state index in [1.165, 1.54) is 0 Å². The normalized spacial score (nSPS) is 29.6. The summed E-state index contributed by atoms with van der Waals surface area (Å²) >= 11 is 1.64. The average Bonchev–Trinajstić information content (AvgIpc) is 2.70. The summed E-state index contributed by atoms with van der Waals surface area (Å²) in [5.41, 5.74) is 6.92. The quantitative estimate of drug-likeness (QED) is 0.844. The molecule has 2 fully saturated rings. The molecule has 102 valence electrons. The second kappa shape index (κ2) is 5.17. The van der Waals surface area contributed by atoms with E-state index in [2.05, 4.69) is 4.90 Å². The molecule has 0 aliphatic carbocycles. The Morgan fingerprint density at radius 2 is 1.89 bits per heavy atom. The fraction of sp³-hybridized carbons (Fsp3) is 0.533. The average molecular weight is 276 g/mol. The Kier molecular flexibility index (Phi) is 3.54. The molecule has 2 heterocycles. The van der Waals surface area contributed by atoms with Crippen LogP contribution in [0.25, 0.3) is 0 Å². The van der Waals surface area contributed by atoms with E-state index < -0.39 is 0 Å². The van der Waals surface area contributed by atoms with Gasteiger partial charge in [-0.2, -0.15) is 0 Å². The molecule has 0 saturated carbocycles. The Morgan fingerprint density at radius 1 is 1.26 bits per heavy atom. The number of benzene rings is 1. The van der Waals surface area contributed by atoms with Crippen molar-refractivity contribution in [2.75, 3.05) is 6.26 Å². The van der Waals surface area contributed by atoms with Crippen LogP contribution in [0.5, 0.6) is 0 Å². The number of nitrogens with two attached hydrogens (primary N) is 1. The molecule has 19 heavy (non-hydrogen) atoms. The highest BCUT2D eigenvalue weighted by molar-refractivity contribution is 7.98. The number of carbonyl (C=O) groups excluding carboxylic acids is 1. The lowest BCUT2D eigenvalue weighted by molar-refractivity contribution is 0.0571. The predicted molar refractivity (Wildman–Crippen MR) is 78.4 cm³/mol. The van der Waals surface area contributed by atoms with Crippen LogP contribution >= 0.6 is 11.8 Å². The highest BCUT2D eigenvalue weighted by Gasteiger charge is 2.42. The maximum absolute atomic E-state index is 12.8. The number of hydrogen-bond acceptors (Lipinski definition) is 3. The van der Waals surface area contributed by atoms with Crippen LogP contribution in [0.3, 0.4) is 0 Å². The zero-order valence-corrected chi connectivity index (χ0v) is 12.0. The summed E-state index contributed by atoms with van der Waals surface area (Å²) in [5, 5.41) is 0. The van der Waals surface area contributed by atoms with Gasteiger partial charge >= 0.3 is 0 Å². The van der Waals surface area contributed by atoms with Gasteiger partial charge in [-0.25, -0.2) is 0 Å². The summed E-state index contributed by atoms with van der Waals surface area (Å²) in [4.78, 5) is 16.0. The first-order valence-electron chi connectivity index (χ1n) is 6.92. The number of amides is 1. The van der Waals surface area contributed by atoms with Gasteiger partial charge in [-0.05, 0) is 44.1 Å². The van der Waals surface area contributed by atoms with Crippen LogP contribution in [0, 0.1) is 0 Å². The molecule has 0 spiro atoms. The van der Waals surface area contributed by atoms with Gasteiger partial charge in [0.2, 0.25) is 0 Å². The Bertz CT molecular complexity index is 477. The molecule has 2 N–H and O–H groups in total. The van der Waals surface area contributed by atoms with Gasteiger partial charge < -0.3 is 10.6 Å². The van der Waals surface area contributed by atoms with E-state index in [9.17, 15) is 4.79 Å². The predicted octanol–water partition coefficient (Wildman–Crippen LogP) is 2.50. The summed E-state index contributed by atoms with van der Waals surface area (Å²) in [6, 6.07) is 8.90. The molecular weight excluding hydrogens is 256 g/mol. The smallest absolute Gasteiger partial charge is 0.255 e. The van der Waals surface area contributed by atoms with Gasteiger partial charge in [-0.3, -0.25) is 4.79 Å². The van der Waals surface area contributed by atoms with Gasteiger partial charge in [0.1, 0.15) is 0 Å². The second-order valence-electron chi connectivity index (χ2n) is 5.53. The molecule has 2 aliphatic heterocycles. The van der Waals surface area contributed by atoms with E-state index in [0.29, 0.717) is 12.1 Å². The van der Waals surface area contributed by atoms with E-state index >= 15 is 0 Å². The topological polar surface area (TPSA) is 46.3 Å². The molecule has 1 aromatic carbocycles. The first-order chi connectivity index (χ1) is 9.20. The highest BCUT2D eigenvalue weighted by Crippen LogP contribution is 2.37. The minimum Gasteiger partial charge on any atom is -0.333 e. The van der Waals surface area contributed by atoms with Crippen molar-refractivity contribution in [2.24, 2.45) is 5.73 Å². The fourth-order valence-corrected chi connectivity index (χ4v) is 4.10. The molecule has 4 heteroatoms. The largest absolute Gasteiger partial charge is 0.333 e. The number of hydrogen-bond donors (Lipinski definition) is 1. The summed E-state index contributed by atoms with van der Waals surface area (Å²) in [5.74, 6) is 0.198. The summed E-state index contributed by atoms with van der Waals surface area (Å²) in [6.07, 6.45) is 6.18. The van der Waals surface area contributed by atoms with Gasteiger partial charge in [0.25, 0.3) is 5.91 Å². The maximum atomic E-state index is 12.8. The second-order valence-corrected chi connectivity index (χ2v) is 6.38. The number of fused-ring (bicyclic) bond motifs is 2. The van der Waals surface area contributed by atoms with Crippen LogP contribution in [0.1, 0.15) is 36.0 Å². The molecule has 1 aromatic rings. The molecule has 3 rings (SSSR count). The van der Waals surface area contributed by atoms with E-state index in [1.807, 2.05) is 30.5 Å². The number of thioether (sulfide) groups is 1. The Morgan fingerprint density at radius 3 is 2.53 bits per heavy atom. The first-order valence-corrected chi connectivity index (χ1v) is 8.14. The maximum Gasteiger partial charge on any atom is 0.255 e. The van der Waals surface area contributed by atoms with Crippen LogP contribution in [0.15, 0.2) is 29.2 Å². The van der Waals surface area contributed by atoms with Gasteiger partial charge in [0, 0.05) is 23.0 Å². The van der Waals surface area contributed by atoms with Gasteiger partial charge in [-0.1, -0.05) is 12.1 Å².